The summed E-state index contributed by atoms with van der Waals surface area (Å²) in [6.07, 6.45) is 5.40. The fourth-order valence-corrected chi connectivity index (χ4v) is 3.98. The Morgan fingerprint density at radius 2 is 1.97 bits per heavy atom. The smallest absolute Gasteiger partial charge is 0.261 e. The third kappa shape index (κ3) is 5.89. The summed E-state index contributed by atoms with van der Waals surface area (Å²) in [6.45, 7) is 3.80. The van der Waals surface area contributed by atoms with Crippen molar-refractivity contribution in [2.45, 2.75) is 38.0 Å². The Balaban J connectivity index is 1.67. The number of carbonyl (C=O) groups is 1. The molecule has 3 aromatic rings. The first kappa shape index (κ1) is 23.2. The van der Waals surface area contributed by atoms with Crippen molar-refractivity contribution < 1.29 is 19.0 Å². The van der Waals surface area contributed by atoms with Crippen LogP contribution in [-0.4, -0.2) is 34.3 Å². The van der Waals surface area contributed by atoms with Gasteiger partial charge >= 0.3 is 0 Å². The quantitative estimate of drug-likeness (QED) is 0.376. The summed E-state index contributed by atoms with van der Waals surface area (Å²) < 4.78 is 20.1. The summed E-state index contributed by atoms with van der Waals surface area (Å²) in [5, 5.41) is 0.851. The lowest BCUT2D eigenvalue weighted by atomic mass is 10.0. The Bertz CT molecular complexity index is 1150. The fraction of sp³-hybridized carbons (Fsp3) is 0.292. The van der Waals surface area contributed by atoms with Gasteiger partial charge < -0.3 is 14.2 Å². The van der Waals surface area contributed by atoms with Gasteiger partial charge in [-0.3, -0.25) is 9.52 Å². The van der Waals surface area contributed by atoms with Gasteiger partial charge in [-0.1, -0.05) is 11.6 Å². The summed E-state index contributed by atoms with van der Waals surface area (Å²) in [5.41, 5.74) is 1.86. The molecular weight excluding hydrogens is 462 g/mol. The third-order valence-electron chi connectivity index (χ3n) is 4.70. The fourth-order valence-electron chi connectivity index (χ4n) is 3.01. The lowest BCUT2D eigenvalue weighted by molar-refractivity contribution is 0.0984. The highest BCUT2D eigenvalue weighted by molar-refractivity contribution is 7.98. The molecule has 0 spiro atoms. The maximum Gasteiger partial charge on any atom is 0.261 e. The average molecular weight is 486 g/mol. The highest BCUT2D eigenvalue weighted by Crippen LogP contribution is 2.39. The lowest BCUT2D eigenvalue weighted by Crippen LogP contribution is -2.16. The Kier molecular flexibility index (Phi) is 7.25. The predicted molar refractivity (Wildman–Crippen MR) is 129 cm³/mol. The van der Waals surface area contributed by atoms with Crippen LogP contribution in [-0.2, 0) is 0 Å². The molecule has 0 atom stereocenters. The summed E-state index contributed by atoms with van der Waals surface area (Å²) >= 11 is 7.79. The average Bonchev–Trinajstić information content (AvgIpc) is 3.64. The van der Waals surface area contributed by atoms with Crippen LogP contribution in [0.15, 0.2) is 48.8 Å². The molecule has 1 aromatic carbocycles. The molecule has 1 aliphatic carbocycles. The van der Waals surface area contributed by atoms with E-state index in [4.69, 9.17) is 25.8 Å². The van der Waals surface area contributed by atoms with Crippen LogP contribution in [0.2, 0.25) is 5.02 Å². The number of amides is 1. The molecule has 1 aliphatic rings. The molecule has 33 heavy (non-hydrogen) atoms. The Labute approximate surface area is 202 Å². The largest absolute Gasteiger partial charge is 0.481 e. The van der Waals surface area contributed by atoms with Crippen LogP contribution in [0.4, 0.5) is 0 Å². The number of ether oxygens (including phenoxy) is 3. The van der Waals surface area contributed by atoms with E-state index < -0.39 is 0 Å². The zero-order valence-electron chi connectivity index (χ0n) is 18.5. The second-order valence-corrected chi connectivity index (χ2v) is 9.26. The molecule has 0 saturated heterocycles. The van der Waals surface area contributed by atoms with Crippen LogP contribution < -0.4 is 18.9 Å². The van der Waals surface area contributed by atoms with E-state index in [0.717, 1.165) is 12.8 Å². The lowest BCUT2D eigenvalue weighted by Gasteiger charge is -2.16. The van der Waals surface area contributed by atoms with Gasteiger partial charge in [-0.15, -0.1) is 0 Å². The van der Waals surface area contributed by atoms with Crippen molar-refractivity contribution in [2.75, 3.05) is 7.11 Å². The zero-order chi connectivity index (χ0) is 23.4. The van der Waals surface area contributed by atoms with E-state index >= 15 is 0 Å². The van der Waals surface area contributed by atoms with Crippen LogP contribution in [0.25, 0.3) is 11.1 Å². The minimum atomic E-state index is -0.164. The van der Waals surface area contributed by atoms with E-state index in [-0.39, 0.29) is 12.0 Å². The molecule has 0 aliphatic heterocycles. The van der Waals surface area contributed by atoms with Gasteiger partial charge in [0.2, 0.25) is 11.8 Å². The minimum Gasteiger partial charge on any atom is -0.481 e. The van der Waals surface area contributed by atoms with E-state index in [0.29, 0.717) is 50.2 Å². The highest BCUT2D eigenvalue weighted by atomic mass is 35.5. The minimum absolute atomic E-state index is 0.0526. The molecule has 2 aromatic heterocycles. The second kappa shape index (κ2) is 10.3. The number of carbonyl (C=O) groups excluding carboxylic acids is 1. The van der Waals surface area contributed by atoms with E-state index in [1.165, 1.54) is 11.9 Å². The van der Waals surface area contributed by atoms with Crippen molar-refractivity contribution in [2.24, 2.45) is 0 Å². The molecule has 9 heteroatoms. The molecule has 7 nitrogen and oxygen atoms in total. The van der Waals surface area contributed by atoms with Crippen LogP contribution in [0.1, 0.15) is 37.0 Å². The molecule has 172 valence electrons. The maximum absolute atomic E-state index is 12.7. The number of halogens is 1. The van der Waals surface area contributed by atoms with E-state index in [1.54, 1.807) is 49.8 Å². The van der Waals surface area contributed by atoms with Crippen molar-refractivity contribution in [3.63, 3.8) is 0 Å². The number of hydrogen-bond donors (Lipinski definition) is 1. The topological polar surface area (TPSA) is 82.6 Å². The van der Waals surface area contributed by atoms with Gasteiger partial charge in [-0.25, -0.2) is 9.97 Å². The number of nitrogens with zero attached hydrogens (tertiary/aromatic N) is 2. The number of benzene rings is 1. The van der Waals surface area contributed by atoms with Gasteiger partial charge in [0.1, 0.15) is 16.5 Å². The standard InChI is InChI=1S/C24H24ClN3O4S/c1-14(2)31-24-20(25)12-16(13-27-24)32-21-9-6-15(22(29)28-33-17-7-8-17)11-19(21)18-5-4-10-26-23(18)30-3/h4-6,9-14,17H,7-8H2,1-3H3,(H,28,29). The van der Waals surface area contributed by atoms with Crippen molar-refractivity contribution in [3.8, 4) is 34.4 Å². The molecule has 2 heterocycles. The molecule has 0 bridgehead atoms. The zero-order valence-corrected chi connectivity index (χ0v) is 20.1. The van der Waals surface area contributed by atoms with Gasteiger partial charge in [-0.05, 0) is 69.0 Å². The van der Waals surface area contributed by atoms with Crippen LogP contribution in [0.5, 0.6) is 23.3 Å². The summed E-state index contributed by atoms with van der Waals surface area (Å²) in [4.78, 5) is 21.2. The Morgan fingerprint density at radius 1 is 1.15 bits per heavy atom. The van der Waals surface area contributed by atoms with E-state index in [2.05, 4.69) is 14.7 Å². The number of aromatic nitrogens is 2. The molecule has 1 amide bonds. The normalized spacial score (nSPS) is 13.0. The number of rotatable bonds is 9. The van der Waals surface area contributed by atoms with Gasteiger partial charge in [-0.2, -0.15) is 0 Å². The molecule has 0 radical (unpaired) electrons. The first-order valence-corrected chi connectivity index (χ1v) is 11.8. The van der Waals surface area contributed by atoms with E-state index in [1.807, 2.05) is 19.9 Å². The first-order chi connectivity index (χ1) is 15.9. The van der Waals surface area contributed by atoms with Gasteiger partial charge in [0.15, 0.2) is 0 Å². The van der Waals surface area contributed by atoms with Gasteiger partial charge in [0.25, 0.3) is 5.91 Å². The van der Waals surface area contributed by atoms with Gasteiger partial charge in [0.05, 0.1) is 19.4 Å². The van der Waals surface area contributed by atoms with Crippen molar-refractivity contribution >= 4 is 29.5 Å². The third-order valence-corrected chi connectivity index (χ3v) is 6.08. The van der Waals surface area contributed by atoms with Crippen molar-refractivity contribution in [1.29, 1.82) is 0 Å². The van der Waals surface area contributed by atoms with Crippen molar-refractivity contribution in [3.05, 3.63) is 59.4 Å². The molecule has 4 rings (SSSR count). The van der Waals surface area contributed by atoms with E-state index in [9.17, 15) is 4.79 Å². The number of hydrogen-bond acceptors (Lipinski definition) is 7. The maximum atomic E-state index is 12.7. The van der Waals surface area contributed by atoms with Gasteiger partial charge in [0, 0.05) is 34.2 Å². The predicted octanol–water partition coefficient (Wildman–Crippen LogP) is 5.93. The molecule has 1 fully saturated rings. The SMILES string of the molecule is COc1ncccc1-c1cc(C(=O)NSC2CC2)ccc1Oc1cnc(OC(C)C)c(Cl)c1. The number of pyridine rings is 2. The Hall–Kier alpha value is -2.97. The van der Waals surface area contributed by atoms with Crippen LogP contribution >= 0.6 is 23.5 Å². The van der Waals surface area contributed by atoms with Crippen LogP contribution in [0.3, 0.4) is 0 Å². The van der Waals surface area contributed by atoms with Crippen molar-refractivity contribution in [1.82, 2.24) is 14.7 Å². The number of methoxy groups -OCH3 is 1. The molecular formula is C24H24ClN3O4S. The first-order valence-electron chi connectivity index (χ1n) is 10.5. The number of nitrogens with one attached hydrogen (secondary N) is 1. The van der Waals surface area contributed by atoms with Crippen LogP contribution in [0, 0.1) is 0 Å². The Morgan fingerprint density at radius 3 is 2.67 bits per heavy atom. The molecule has 1 N–H and O–H groups in total. The summed E-state index contributed by atoms with van der Waals surface area (Å²) in [6, 6.07) is 10.5. The highest BCUT2D eigenvalue weighted by Gasteiger charge is 2.24. The summed E-state index contributed by atoms with van der Waals surface area (Å²) in [7, 11) is 1.55. The summed E-state index contributed by atoms with van der Waals surface area (Å²) in [5.74, 6) is 1.53. The molecule has 1 saturated carbocycles. The molecule has 0 unspecified atom stereocenters. The monoisotopic (exact) mass is 485 g/mol. The second-order valence-electron chi connectivity index (χ2n) is 7.75.